The molecule has 1 saturated heterocycles. The van der Waals surface area contributed by atoms with E-state index in [9.17, 15) is 29.2 Å². The second kappa shape index (κ2) is 6.63. The molecule has 0 bridgehead atoms. The summed E-state index contributed by atoms with van der Waals surface area (Å²) in [4.78, 5) is 35.4. The Labute approximate surface area is 146 Å². The summed E-state index contributed by atoms with van der Waals surface area (Å²) in [5, 5.41) is 23.0. The van der Waals surface area contributed by atoms with Crippen molar-refractivity contribution in [1.82, 2.24) is 10.2 Å². The zero-order valence-corrected chi connectivity index (χ0v) is 13.2. The number of phenols is 1. The molecule has 8 nitrogen and oxygen atoms in total. The van der Waals surface area contributed by atoms with Gasteiger partial charge in [-0.15, -0.1) is 0 Å². The van der Waals surface area contributed by atoms with Crippen molar-refractivity contribution in [1.29, 1.82) is 0 Å². The van der Waals surface area contributed by atoms with Crippen molar-refractivity contribution < 1.29 is 24.0 Å². The first kappa shape index (κ1) is 17.1. The quantitative estimate of drug-likeness (QED) is 0.378. The number of benzene rings is 2. The molecule has 1 aliphatic heterocycles. The lowest BCUT2D eigenvalue weighted by Gasteiger charge is -2.12. The van der Waals surface area contributed by atoms with Crippen LogP contribution in [0.1, 0.15) is 11.1 Å². The van der Waals surface area contributed by atoms with E-state index >= 15 is 0 Å². The molecule has 0 spiro atoms. The molecule has 1 aliphatic rings. The van der Waals surface area contributed by atoms with Gasteiger partial charge in [0.2, 0.25) is 0 Å². The normalized spacial score (nSPS) is 15.4. The predicted octanol–water partition coefficient (Wildman–Crippen LogP) is 2.53. The lowest BCUT2D eigenvalue weighted by molar-refractivity contribution is -0.384. The van der Waals surface area contributed by atoms with Gasteiger partial charge in [0.05, 0.1) is 11.5 Å². The van der Waals surface area contributed by atoms with E-state index in [1.54, 1.807) is 6.07 Å². The third-order valence-electron chi connectivity index (χ3n) is 3.77. The molecule has 1 fully saturated rings. The number of carbonyl (C=O) groups is 2. The maximum atomic E-state index is 13.7. The molecular weight excluding hydrogens is 345 g/mol. The molecule has 0 aliphatic carbocycles. The topological polar surface area (TPSA) is 113 Å². The zero-order valence-electron chi connectivity index (χ0n) is 13.2. The number of halogens is 1. The summed E-state index contributed by atoms with van der Waals surface area (Å²) in [5.41, 5.74) is -0.303. The number of nitro benzene ring substituents is 1. The highest BCUT2D eigenvalue weighted by molar-refractivity contribution is 6.14. The van der Waals surface area contributed by atoms with Gasteiger partial charge in [-0.05, 0) is 18.2 Å². The standard InChI is InChI=1S/C17H12FN3O5/c18-13-4-2-1-3-10(13)9-20-16(23)14(19-17(20)24)8-11-7-12(21(25)26)5-6-15(11)22/h1-8,22H,9H2,(H,19,24)/b14-8+. The third kappa shape index (κ3) is 3.22. The minimum absolute atomic E-state index is 0.00408. The molecule has 2 aromatic carbocycles. The van der Waals surface area contributed by atoms with Gasteiger partial charge < -0.3 is 10.4 Å². The van der Waals surface area contributed by atoms with Crippen LogP contribution < -0.4 is 5.32 Å². The Balaban J connectivity index is 1.89. The number of hydrogen-bond donors (Lipinski definition) is 2. The molecule has 0 aromatic heterocycles. The van der Waals surface area contributed by atoms with Gasteiger partial charge in [0, 0.05) is 23.3 Å². The highest BCUT2D eigenvalue weighted by Gasteiger charge is 2.34. The SMILES string of the molecule is O=C1N/C(=C/c2cc([N+](=O)[O-])ccc2O)C(=O)N1Cc1ccccc1F. The van der Waals surface area contributed by atoms with Crippen LogP contribution >= 0.6 is 0 Å². The fraction of sp³-hybridized carbons (Fsp3) is 0.0588. The highest BCUT2D eigenvalue weighted by Crippen LogP contribution is 2.26. The van der Waals surface area contributed by atoms with Crippen LogP contribution in [0.5, 0.6) is 5.75 Å². The molecular formula is C17H12FN3O5. The number of hydrogen-bond acceptors (Lipinski definition) is 5. The largest absolute Gasteiger partial charge is 0.507 e. The molecule has 9 heteroatoms. The van der Waals surface area contributed by atoms with E-state index in [0.29, 0.717) is 0 Å². The first-order chi connectivity index (χ1) is 12.4. The number of imide groups is 1. The molecule has 0 atom stereocenters. The molecule has 1 heterocycles. The minimum Gasteiger partial charge on any atom is -0.507 e. The molecule has 0 unspecified atom stereocenters. The number of nitrogens with one attached hydrogen (secondary N) is 1. The van der Waals surface area contributed by atoms with Crippen LogP contribution in [0.2, 0.25) is 0 Å². The van der Waals surface area contributed by atoms with Gasteiger partial charge >= 0.3 is 6.03 Å². The number of phenolic OH excluding ortho intramolecular Hbond substituents is 1. The number of urea groups is 1. The molecule has 2 aromatic rings. The number of nitrogens with zero attached hydrogens (tertiary/aromatic N) is 2. The van der Waals surface area contributed by atoms with Crippen molar-refractivity contribution in [2.45, 2.75) is 6.54 Å². The Kier molecular flexibility index (Phi) is 4.36. The van der Waals surface area contributed by atoms with Gasteiger partial charge in [0.1, 0.15) is 17.3 Å². The first-order valence-electron chi connectivity index (χ1n) is 7.42. The average molecular weight is 357 g/mol. The Hall–Kier alpha value is -3.75. The first-order valence-corrected chi connectivity index (χ1v) is 7.42. The molecule has 3 rings (SSSR count). The van der Waals surface area contributed by atoms with Crippen molar-refractivity contribution in [3.63, 3.8) is 0 Å². The highest BCUT2D eigenvalue weighted by atomic mass is 19.1. The van der Waals surface area contributed by atoms with Crippen molar-refractivity contribution in [3.05, 3.63) is 75.2 Å². The second-order valence-corrected chi connectivity index (χ2v) is 5.47. The van der Waals surface area contributed by atoms with E-state index in [2.05, 4.69) is 5.32 Å². The molecule has 0 saturated carbocycles. The molecule has 132 valence electrons. The lowest BCUT2D eigenvalue weighted by Crippen LogP contribution is -2.30. The Bertz CT molecular complexity index is 957. The average Bonchev–Trinajstić information content (AvgIpc) is 2.86. The van der Waals surface area contributed by atoms with Crippen LogP contribution in [0.15, 0.2) is 48.2 Å². The summed E-state index contributed by atoms with van der Waals surface area (Å²) in [5.74, 6) is -1.58. The monoisotopic (exact) mass is 357 g/mol. The van der Waals surface area contributed by atoms with Crippen molar-refractivity contribution in [2.75, 3.05) is 0 Å². The van der Waals surface area contributed by atoms with Gasteiger partial charge in [0.15, 0.2) is 0 Å². The smallest absolute Gasteiger partial charge is 0.329 e. The van der Waals surface area contributed by atoms with E-state index in [0.717, 1.165) is 29.2 Å². The van der Waals surface area contributed by atoms with Gasteiger partial charge in [-0.2, -0.15) is 0 Å². The minimum atomic E-state index is -0.755. The third-order valence-corrected chi connectivity index (χ3v) is 3.77. The Morgan fingerprint density at radius 3 is 2.65 bits per heavy atom. The van der Waals surface area contributed by atoms with E-state index in [1.165, 1.54) is 18.2 Å². The summed E-state index contributed by atoms with van der Waals surface area (Å²) in [6.07, 6.45) is 1.13. The van der Waals surface area contributed by atoms with Gasteiger partial charge in [-0.25, -0.2) is 9.18 Å². The number of aromatic hydroxyl groups is 1. The van der Waals surface area contributed by atoms with Gasteiger partial charge in [0.25, 0.3) is 11.6 Å². The fourth-order valence-corrected chi connectivity index (χ4v) is 2.44. The van der Waals surface area contributed by atoms with Crippen molar-refractivity contribution >= 4 is 23.7 Å². The van der Waals surface area contributed by atoms with Crippen molar-refractivity contribution in [2.24, 2.45) is 0 Å². The number of nitro groups is 1. The van der Waals surface area contributed by atoms with Gasteiger partial charge in [-0.3, -0.25) is 19.8 Å². The van der Waals surface area contributed by atoms with E-state index < -0.39 is 22.7 Å². The van der Waals surface area contributed by atoms with E-state index in [-0.39, 0.29) is 34.8 Å². The van der Waals surface area contributed by atoms with Crippen molar-refractivity contribution in [3.8, 4) is 5.75 Å². The number of amides is 3. The molecule has 26 heavy (non-hydrogen) atoms. The number of non-ortho nitro benzene ring substituents is 1. The Morgan fingerprint density at radius 2 is 1.96 bits per heavy atom. The summed E-state index contributed by atoms with van der Waals surface area (Å²) < 4.78 is 13.7. The summed E-state index contributed by atoms with van der Waals surface area (Å²) in [6.45, 7) is -0.268. The summed E-state index contributed by atoms with van der Waals surface area (Å²) in [7, 11) is 0. The summed E-state index contributed by atoms with van der Waals surface area (Å²) in [6, 6.07) is 8.27. The van der Waals surface area contributed by atoms with E-state index in [4.69, 9.17) is 0 Å². The lowest BCUT2D eigenvalue weighted by atomic mass is 10.1. The number of carbonyl (C=O) groups excluding carboxylic acids is 2. The van der Waals surface area contributed by atoms with Crippen LogP contribution in [0.3, 0.4) is 0 Å². The van der Waals surface area contributed by atoms with Gasteiger partial charge in [-0.1, -0.05) is 18.2 Å². The maximum Gasteiger partial charge on any atom is 0.329 e. The summed E-state index contributed by atoms with van der Waals surface area (Å²) >= 11 is 0. The Morgan fingerprint density at radius 1 is 1.23 bits per heavy atom. The maximum absolute atomic E-state index is 13.7. The number of rotatable bonds is 4. The van der Waals surface area contributed by atoms with Crippen LogP contribution in [-0.4, -0.2) is 26.9 Å². The van der Waals surface area contributed by atoms with E-state index in [1.807, 2.05) is 0 Å². The van der Waals surface area contributed by atoms with Crippen LogP contribution in [0.25, 0.3) is 6.08 Å². The molecule has 2 N–H and O–H groups in total. The molecule has 3 amide bonds. The van der Waals surface area contributed by atoms with Crippen LogP contribution in [0, 0.1) is 15.9 Å². The zero-order chi connectivity index (χ0) is 18.8. The fourth-order valence-electron chi connectivity index (χ4n) is 2.44. The molecule has 0 radical (unpaired) electrons. The second-order valence-electron chi connectivity index (χ2n) is 5.47. The van der Waals surface area contributed by atoms with Crippen LogP contribution in [0.4, 0.5) is 14.9 Å². The predicted molar refractivity (Wildman–Crippen MR) is 88.2 cm³/mol. The van der Waals surface area contributed by atoms with Crippen LogP contribution in [-0.2, 0) is 11.3 Å².